The van der Waals surface area contributed by atoms with Crippen LogP contribution in [0.2, 0.25) is 0 Å². The molecule has 0 saturated carbocycles. The van der Waals surface area contributed by atoms with Gasteiger partial charge in [-0.15, -0.1) is 0 Å². The highest BCUT2D eigenvalue weighted by Crippen LogP contribution is 2.42. The van der Waals surface area contributed by atoms with E-state index in [1.807, 2.05) is 18.2 Å². The maximum absolute atomic E-state index is 5.35. The van der Waals surface area contributed by atoms with Crippen LogP contribution in [0, 0.1) is 0 Å². The van der Waals surface area contributed by atoms with Crippen LogP contribution in [0.25, 0.3) is 94.1 Å². The van der Waals surface area contributed by atoms with Crippen LogP contribution in [0.3, 0.4) is 0 Å². The molecule has 0 aliphatic heterocycles. The molecule has 0 fully saturated rings. The summed E-state index contributed by atoms with van der Waals surface area (Å²) >= 11 is 0. The van der Waals surface area contributed by atoms with Crippen molar-refractivity contribution >= 4 is 65.4 Å². The molecule has 11 rings (SSSR count). The molecule has 0 spiro atoms. The highest BCUT2D eigenvalue weighted by atomic mass is 15.1. The zero-order valence-corrected chi connectivity index (χ0v) is 27.5. The van der Waals surface area contributed by atoms with Crippen LogP contribution in [0.15, 0.2) is 176 Å². The van der Waals surface area contributed by atoms with Gasteiger partial charge in [-0.05, 0) is 42.5 Å². The Balaban J connectivity index is 1.29. The molecule has 0 amide bonds. The second kappa shape index (κ2) is 10.8. The van der Waals surface area contributed by atoms with E-state index in [4.69, 9.17) is 9.97 Å². The zero-order chi connectivity index (χ0) is 33.5. The van der Waals surface area contributed by atoms with Crippen LogP contribution in [-0.4, -0.2) is 23.7 Å². The van der Waals surface area contributed by atoms with Crippen molar-refractivity contribution in [3.8, 4) is 28.7 Å². The second-order valence-corrected chi connectivity index (χ2v) is 13.0. The summed E-state index contributed by atoms with van der Waals surface area (Å²) in [5.41, 5.74) is 8.88. The van der Waals surface area contributed by atoms with Crippen LogP contribution in [0.5, 0.6) is 0 Å². The predicted molar refractivity (Wildman–Crippen MR) is 210 cm³/mol. The molecule has 0 saturated heterocycles. The first-order chi connectivity index (χ1) is 25.3. The molecule has 0 N–H and O–H groups in total. The lowest BCUT2D eigenvalue weighted by molar-refractivity contribution is 0.994. The first-order valence-electron chi connectivity index (χ1n) is 17.3. The molecule has 0 aliphatic carbocycles. The molecular weight excluding hydrogens is 623 g/mol. The van der Waals surface area contributed by atoms with Crippen molar-refractivity contribution in [2.24, 2.45) is 0 Å². The lowest BCUT2D eigenvalue weighted by Crippen LogP contribution is -2.06. The first-order valence-corrected chi connectivity index (χ1v) is 17.3. The minimum absolute atomic E-state index is 0.676. The molecule has 4 heterocycles. The summed E-state index contributed by atoms with van der Waals surface area (Å²) in [7, 11) is 0. The van der Waals surface area contributed by atoms with Gasteiger partial charge in [0.25, 0.3) is 0 Å². The molecule has 0 radical (unpaired) electrons. The van der Waals surface area contributed by atoms with E-state index in [1.165, 1.54) is 43.4 Å². The average Bonchev–Trinajstić information content (AvgIpc) is 3.84. The minimum Gasteiger partial charge on any atom is -0.309 e. The van der Waals surface area contributed by atoms with Gasteiger partial charge in [-0.3, -0.25) is 9.13 Å². The first kappa shape index (κ1) is 27.9. The third-order valence-electron chi connectivity index (χ3n) is 10.3. The summed E-state index contributed by atoms with van der Waals surface area (Å²) < 4.78 is 7.02. The van der Waals surface area contributed by atoms with E-state index in [1.54, 1.807) is 0 Å². The average molecular weight is 652 g/mol. The van der Waals surface area contributed by atoms with Gasteiger partial charge < -0.3 is 4.57 Å². The van der Waals surface area contributed by atoms with Crippen molar-refractivity contribution in [1.82, 2.24) is 23.7 Å². The number of aromatic nitrogens is 5. The highest BCUT2D eigenvalue weighted by Gasteiger charge is 2.23. The van der Waals surface area contributed by atoms with Crippen molar-refractivity contribution < 1.29 is 0 Å². The zero-order valence-electron chi connectivity index (χ0n) is 27.5. The number of benzene rings is 7. The van der Waals surface area contributed by atoms with Gasteiger partial charge in [-0.2, -0.15) is 0 Å². The van der Waals surface area contributed by atoms with Gasteiger partial charge in [0.1, 0.15) is 11.6 Å². The van der Waals surface area contributed by atoms with Gasteiger partial charge in [0.2, 0.25) is 0 Å². The number of fused-ring (bicyclic) bond motifs is 10. The second-order valence-electron chi connectivity index (χ2n) is 13.0. The lowest BCUT2D eigenvalue weighted by atomic mass is 10.1. The topological polar surface area (TPSA) is 40.6 Å². The highest BCUT2D eigenvalue weighted by molar-refractivity contribution is 6.26. The summed E-state index contributed by atoms with van der Waals surface area (Å²) in [6.07, 6.45) is 0. The van der Waals surface area contributed by atoms with E-state index < -0.39 is 0 Å². The maximum Gasteiger partial charge on any atom is 0.163 e. The summed E-state index contributed by atoms with van der Waals surface area (Å²) in [6.45, 7) is 0. The SMILES string of the molecule is c1ccc(-c2nc(-n3c4ccccc4c4ccccc43)cc(-n3c4ccccc4c4c3ccc3c5ccccc5n(-c5ccccc5)c34)n2)cc1. The standard InChI is InChI=1S/C46H29N5/c1-3-15-30(16-4-1)46-47-42(50-38-24-12-7-19-32(38)33-20-8-13-25-39(33)50)29-43(48-46)51-40-26-14-10-22-36(40)44-41(51)28-27-35-34-21-9-11-23-37(34)49(45(35)44)31-17-5-2-6-18-31/h1-29H. The van der Waals surface area contributed by atoms with E-state index in [2.05, 4.69) is 171 Å². The molecule has 238 valence electrons. The van der Waals surface area contributed by atoms with E-state index in [0.717, 1.165) is 45.0 Å². The van der Waals surface area contributed by atoms with Gasteiger partial charge in [-0.1, -0.05) is 127 Å². The molecule has 7 aromatic carbocycles. The Morgan fingerprint density at radius 2 is 0.784 bits per heavy atom. The summed E-state index contributed by atoms with van der Waals surface area (Å²) in [5.74, 6) is 2.31. The fraction of sp³-hybridized carbons (Fsp3) is 0. The van der Waals surface area contributed by atoms with Crippen LogP contribution in [-0.2, 0) is 0 Å². The lowest BCUT2D eigenvalue weighted by Gasteiger charge is -2.14. The molecule has 5 nitrogen and oxygen atoms in total. The molecule has 0 atom stereocenters. The largest absolute Gasteiger partial charge is 0.309 e. The number of hydrogen-bond donors (Lipinski definition) is 0. The monoisotopic (exact) mass is 651 g/mol. The van der Waals surface area contributed by atoms with Crippen LogP contribution in [0.4, 0.5) is 0 Å². The van der Waals surface area contributed by atoms with Crippen molar-refractivity contribution in [2.75, 3.05) is 0 Å². The predicted octanol–water partition coefficient (Wildman–Crippen LogP) is 11.4. The Bertz CT molecular complexity index is 3080. The van der Waals surface area contributed by atoms with Gasteiger partial charge in [0.05, 0.1) is 33.1 Å². The molecule has 0 aliphatic rings. The molecule has 4 aromatic heterocycles. The normalized spacial score (nSPS) is 11.9. The Hall–Kier alpha value is -6.98. The van der Waals surface area contributed by atoms with Crippen molar-refractivity contribution in [3.63, 3.8) is 0 Å². The van der Waals surface area contributed by atoms with Crippen LogP contribution >= 0.6 is 0 Å². The van der Waals surface area contributed by atoms with Crippen LogP contribution < -0.4 is 0 Å². The molecule has 5 heteroatoms. The number of nitrogens with zero attached hydrogens (tertiary/aromatic N) is 5. The number of para-hydroxylation sites is 5. The van der Waals surface area contributed by atoms with Crippen LogP contribution in [0.1, 0.15) is 0 Å². The van der Waals surface area contributed by atoms with Crippen molar-refractivity contribution in [3.05, 3.63) is 176 Å². The third-order valence-corrected chi connectivity index (χ3v) is 10.3. The van der Waals surface area contributed by atoms with E-state index >= 15 is 0 Å². The molecule has 11 aromatic rings. The number of hydrogen-bond acceptors (Lipinski definition) is 2. The van der Waals surface area contributed by atoms with Gasteiger partial charge in [0, 0.05) is 49.6 Å². The van der Waals surface area contributed by atoms with Gasteiger partial charge in [-0.25, -0.2) is 9.97 Å². The molecule has 0 bridgehead atoms. The van der Waals surface area contributed by atoms with Crippen molar-refractivity contribution in [2.45, 2.75) is 0 Å². The van der Waals surface area contributed by atoms with E-state index in [0.29, 0.717) is 5.82 Å². The van der Waals surface area contributed by atoms with E-state index in [9.17, 15) is 0 Å². The summed E-state index contributed by atoms with van der Waals surface area (Å²) in [4.78, 5) is 10.6. The minimum atomic E-state index is 0.676. The number of rotatable bonds is 4. The van der Waals surface area contributed by atoms with Crippen molar-refractivity contribution in [1.29, 1.82) is 0 Å². The molecule has 0 unspecified atom stereocenters. The third kappa shape index (κ3) is 4.03. The fourth-order valence-electron chi connectivity index (χ4n) is 8.14. The fourth-order valence-corrected chi connectivity index (χ4v) is 8.14. The van der Waals surface area contributed by atoms with Gasteiger partial charge in [0.15, 0.2) is 5.82 Å². The van der Waals surface area contributed by atoms with E-state index in [-0.39, 0.29) is 0 Å². The molecule has 51 heavy (non-hydrogen) atoms. The molecular formula is C46H29N5. The quantitative estimate of drug-likeness (QED) is 0.190. The Labute approximate surface area is 292 Å². The Morgan fingerprint density at radius 1 is 0.333 bits per heavy atom. The summed E-state index contributed by atoms with van der Waals surface area (Å²) in [5, 5.41) is 7.23. The Kier molecular flexibility index (Phi) is 5.89. The Morgan fingerprint density at radius 3 is 1.39 bits per heavy atom. The smallest absolute Gasteiger partial charge is 0.163 e. The van der Waals surface area contributed by atoms with Gasteiger partial charge >= 0.3 is 0 Å². The summed E-state index contributed by atoms with van der Waals surface area (Å²) in [6, 6.07) is 62.3. The maximum atomic E-state index is 5.35.